The van der Waals surface area contributed by atoms with Crippen LogP contribution >= 0.6 is 0 Å². The Bertz CT molecular complexity index is 312. The molecule has 1 aromatic rings. The van der Waals surface area contributed by atoms with Crippen LogP contribution in [0, 0.1) is 0 Å². The predicted octanol–water partition coefficient (Wildman–Crippen LogP) is 1.47. The highest BCUT2D eigenvalue weighted by Gasteiger charge is 2.23. The van der Waals surface area contributed by atoms with Crippen molar-refractivity contribution in [3.8, 4) is 0 Å². The van der Waals surface area contributed by atoms with Crippen LogP contribution in [0.2, 0.25) is 0 Å². The van der Waals surface area contributed by atoms with E-state index in [1.165, 1.54) is 0 Å². The molecule has 1 rings (SSSR count). The van der Waals surface area contributed by atoms with E-state index in [4.69, 9.17) is 4.74 Å². The van der Waals surface area contributed by atoms with Crippen molar-refractivity contribution >= 4 is 0 Å². The summed E-state index contributed by atoms with van der Waals surface area (Å²) in [4.78, 5) is 8.70. The number of hydrogen-bond donors (Lipinski definition) is 1. The third kappa shape index (κ3) is 3.25. The highest BCUT2D eigenvalue weighted by Crippen LogP contribution is 2.20. The van der Waals surface area contributed by atoms with Crippen LogP contribution in [0.3, 0.4) is 0 Å². The highest BCUT2D eigenvalue weighted by molar-refractivity contribution is 5.06. The topological polar surface area (TPSA) is 47.0 Å². The lowest BCUT2D eigenvalue weighted by atomic mass is 10.1. The number of aromatic nitrogens is 2. The third-order valence-corrected chi connectivity index (χ3v) is 2.11. The van der Waals surface area contributed by atoms with Gasteiger partial charge >= 0.3 is 0 Å². The van der Waals surface area contributed by atoms with E-state index in [1.807, 2.05) is 33.9 Å². The first-order chi connectivity index (χ1) is 7.10. The largest absolute Gasteiger partial charge is 0.368 e. The molecule has 0 unspecified atom stereocenters. The van der Waals surface area contributed by atoms with Crippen molar-refractivity contribution in [3.63, 3.8) is 0 Å². The summed E-state index contributed by atoms with van der Waals surface area (Å²) in [6, 6.07) is 1.90. The molecule has 15 heavy (non-hydrogen) atoms. The van der Waals surface area contributed by atoms with Gasteiger partial charge in [-0.2, -0.15) is 0 Å². The minimum Gasteiger partial charge on any atom is -0.368 e. The van der Waals surface area contributed by atoms with Gasteiger partial charge in [0, 0.05) is 19.3 Å². The Kier molecular flexibility index (Phi) is 4.17. The molecule has 0 saturated heterocycles. The lowest BCUT2D eigenvalue weighted by Crippen LogP contribution is -2.25. The van der Waals surface area contributed by atoms with Gasteiger partial charge in [-0.1, -0.05) is 0 Å². The molecule has 0 atom stereocenters. The highest BCUT2D eigenvalue weighted by atomic mass is 16.5. The number of nitrogens with zero attached hydrogens (tertiary/aromatic N) is 2. The molecule has 0 amide bonds. The summed E-state index contributed by atoms with van der Waals surface area (Å²) in [6.07, 6.45) is 1.77. The molecule has 4 heteroatoms. The molecule has 0 aliphatic heterocycles. The molecule has 0 aromatic carbocycles. The van der Waals surface area contributed by atoms with Crippen LogP contribution in [-0.4, -0.2) is 23.6 Å². The quantitative estimate of drug-likeness (QED) is 0.797. The molecule has 0 radical (unpaired) electrons. The maximum Gasteiger partial charge on any atom is 0.159 e. The Morgan fingerprint density at radius 3 is 2.80 bits per heavy atom. The lowest BCUT2D eigenvalue weighted by Gasteiger charge is -2.23. The Hall–Kier alpha value is -1.00. The van der Waals surface area contributed by atoms with Crippen LogP contribution < -0.4 is 5.32 Å². The van der Waals surface area contributed by atoms with Gasteiger partial charge in [-0.25, -0.2) is 9.97 Å². The van der Waals surface area contributed by atoms with Crippen molar-refractivity contribution in [3.05, 3.63) is 23.8 Å². The molecule has 1 aromatic heterocycles. The van der Waals surface area contributed by atoms with Crippen LogP contribution in [0.15, 0.2) is 12.3 Å². The molecule has 0 fully saturated rings. The van der Waals surface area contributed by atoms with E-state index in [9.17, 15) is 0 Å². The first-order valence-corrected chi connectivity index (χ1v) is 5.21. The minimum atomic E-state index is -0.418. The fourth-order valence-electron chi connectivity index (χ4n) is 1.39. The van der Waals surface area contributed by atoms with Crippen molar-refractivity contribution in [1.29, 1.82) is 0 Å². The summed E-state index contributed by atoms with van der Waals surface area (Å²) in [5.74, 6) is 0.733. The zero-order valence-corrected chi connectivity index (χ0v) is 9.87. The standard InChI is InChI=1S/C11H19N3O/c1-5-15-11(2,3)10-13-7-6-9(14-10)8-12-4/h6-7,12H,5,8H2,1-4H3. The average Bonchev–Trinajstić information content (AvgIpc) is 2.19. The molecular formula is C11H19N3O. The zero-order chi connectivity index (χ0) is 11.3. The summed E-state index contributed by atoms with van der Waals surface area (Å²) >= 11 is 0. The number of nitrogens with one attached hydrogen (secondary N) is 1. The second kappa shape index (κ2) is 5.19. The van der Waals surface area contributed by atoms with Crippen LogP contribution in [0.4, 0.5) is 0 Å². The van der Waals surface area contributed by atoms with E-state index in [1.54, 1.807) is 6.20 Å². The average molecular weight is 209 g/mol. The van der Waals surface area contributed by atoms with E-state index in [-0.39, 0.29) is 0 Å². The summed E-state index contributed by atoms with van der Waals surface area (Å²) < 4.78 is 5.60. The lowest BCUT2D eigenvalue weighted by molar-refractivity contribution is -0.0209. The first kappa shape index (κ1) is 12.1. The number of hydrogen-bond acceptors (Lipinski definition) is 4. The number of ether oxygens (including phenoxy) is 1. The van der Waals surface area contributed by atoms with Gasteiger partial charge in [-0.3, -0.25) is 0 Å². The van der Waals surface area contributed by atoms with Crippen molar-refractivity contribution in [1.82, 2.24) is 15.3 Å². The molecule has 0 aliphatic rings. The van der Waals surface area contributed by atoms with Gasteiger partial charge in [0.15, 0.2) is 5.82 Å². The van der Waals surface area contributed by atoms with Crippen LogP contribution in [0.5, 0.6) is 0 Å². The molecule has 1 N–H and O–H groups in total. The van der Waals surface area contributed by atoms with Crippen molar-refractivity contribution < 1.29 is 4.74 Å². The Labute approximate surface area is 91.1 Å². The summed E-state index contributed by atoms with van der Waals surface area (Å²) in [7, 11) is 1.90. The van der Waals surface area contributed by atoms with E-state index in [0.29, 0.717) is 6.61 Å². The van der Waals surface area contributed by atoms with Gasteiger partial charge in [0.25, 0.3) is 0 Å². The fourth-order valence-corrected chi connectivity index (χ4v) is 1.39. The zero-order valence-electron chi connectivity index (χ0n) is 9.87. The van der Waals surface area contributed by atoms with Crippen molar-refractivity contribution in [2.45, 2.75) is 32.9 Å². The molecule has 84 valence electrons. The SMILES string of the molecule is CCOC(C)(C)c1nccc(CNC)n1. The first-order valence-electron chi connectivity index (χ1n) is 5.21. The van der Waals surface area contributed by atoms with Gasteiger partial charge in [-0.05, 0) is 33.9 Å². The molecule has 0 saturated carbocycles. The smallest absolute Gasteiger partial charge is 0.159 e. The van der Waals surface area contributed by atoms with E-state index in [0.717, 1.165) is 18.1 Å². The second-order valence-electron chi connectivity index (χ2n) is 3.85. The van der Waals surface area contributed by atoms with Gasteiger partial charge in [0.05, 0.1) is 5.69 Å². The maximum absolute atomic E-state index is 5.60. The van der Waals surface area contributed by atoms with Gasteiger partial charge in [0.1, 0.15) is 5.60 Å². The van der Waals surface area contributed by atoms with Crippen LogP contribution in [0.1, 0.15) is 32.3 Å². The molecule has 0 aliphatic carbocycles. The van der Waals surface area contributed by atoms with Crippen LogP contribution in [-0.2, 0) is 16.9 Å². The maximum atomic E-state index is 5.60. The van der Waals surface area contributed by atoms with E-state index >= 15 is 0 Å². The summed E-state index contributed by atoms with van der Waals surface area (Å²) in [6.45, 7) is 7.34. The van der Waals surface area contributed by atoms with Gasteiger partial charge < -0.3 is 10.1 Å². The van der Waals surface area contributed by atoms with Gasteiger partial charge in [0.2, 0.25) is 0 Å². The van der Waals surface area contributed by atoms with Crippen molar-refractivity contribution in [2.24, 2.45) is 0 Å². The molecule has 4 nitrogen and oxygen atoms in total. The minimum absolute atomic E-state index is 0.418. The van der Waals surface area contributed by atoms with Crippen molar-refractivity contribution in [2.75, 3.05) is 13.7 Å². The van der Waals surface area contributed by atoms with E-state index < -0.39 is 5.60 Å². The summed E-state index contributed by atoms with van der Waals surface area (Å²) in [5, 5.41) is 3.06. The van der Waals surface area contributed by atoms with Gasteiger partial charge in [-0.15, -0.1) is 0 Å². The third-order valence-electron chi connectivity index (χ3n) is 2.11. The van der Waals surface area contributed by atoms with Crippen LogP contribution in [0.25, 0.3) is 0 Å². The Morgan fingerprint density at radius 1 is 1.47 bits per heavy atom. The normalized spacial score (nSPS) is 11.7. The Balaban J connectivity index is 2.88. The molecular weight excluding hydrogens is 190 g/mol. The van der Waals surface area contributed by atoms with E-state index in [2.05, 4.69) is 15.3 Å². The predicted molar refractivity (Wildman–Crippen MR) is 59.4 cm³/mol. The Morgan fingerprint density at radius 2 is 2.20 bits per heavy atom. The molecule has 1 heterocycles. The summed E-state index contributed by atoms with van der Waals surface area (Å²) in [5.41, 5.74) is 0.564. The molecule has 0 spiro atoms. The fraction of sp³-hybridized carbons (Fsp3) is 0.636. The molecule has 0 bridgehead atoms. The number of rotatable bonds is 5. The second-order valence-corrected chi connectivity index (χ2v) is 3.85. The monoisotopic (exact) mass is 209 g/mol.